The van der Waals surface area contributed by atoms with Crippen molar-refractivity contribution < 1.29 is 0 Å². The monoisotopic (exact) mass is 180 g/mol. The van der Waals surface area contributed by atoms with E-state index in [9.17, 15) is 0 Å². The van der Waals surface area contributed by atoms with Crippen LogP contribution in [-0.2, 0) is 12.8 Å². The number of hydrogen-bond acceptors (Lipinski definition) is 0. The summed E-state index contributed by atoms with van der Waals surface area (Å²) in [6.07, 6.45) is 6.25. The zero-order valence-corrected chi connectivity index (χ0v) is 7.90. The molecule has 0 aliphatic heterocycles. The highest BCUT2D eigenvalue weighted by atomic mass is 35.5. The van der Waals surface area contributed by atoms with Gasteiger partial charge >= 0.3 is 0 Å². The first-order valence-electron chi connectivity index (χ1n) is 4.64. The molecule has 0 saturated carbocycles. The number of fused-ring (bicyclic) bond motifs is 2. The van der Waals surface area contributed by atoms with Crippen LogP contribution in [0.2, 0.25) is 5.02 Å². The minimum atomic E-state index is 1.03. The predicted molar refractivity (Wildman–Crippen MR) is 52.7 cm³/mol. The van der Waals surface area contributed by atoms with Gasteiger partial charge < -0.3 is 0 Å². The highest BCUT2D eigenvalue weighted by Gasteiger charge is 2.08. The molecular formula is C11H13Cl. The molecule has 1 aromatic rings. The quantitative estimate of drug-likeness (QED) is 0.572. The summed E-state index contributed by atoms with van der Waals surface area (Å²) in [5, 5.41) is 1.03. The van der Waals surface area contributed by atoms with E-state index in [0.717, 1.165) is 17.9 Å². The lowest BCUT2D eigenvalue weighted by molar-refractivity contribution is 0.666. The largest absolute Gasteiger partial charge is 0.0837 e. The summed E-state index contributed by atoms with van der Waals surface area (Å²) in [5.74, 6) is 0. The van der Waals surface area contributed by atoms with E-state index in [4.69, 9.17) is 11.6 Å². The molecule has 64 valence electrons. The topological polar surface area (TPSA) is 0 Å². The van der Waals surface area contributed by atoms with Crippen LogP contribution in [0.15, 0.2) is 18.2 Å². The predicted octanol–water partition coefficient (Wildman–Crippen LogP) is 3.61. The van der Waals surface area contributed by atoms with Gasteiger partial charge in [-0.05, 0) is 36.8 Å². The second kappa shape index (κ2) is 3.49. The number of halogens is 1. The van der Waals surface area contributed by atoms with E-state index in [0.29, 0.717) is 0 Å². The van der Waals surface area contributed by atoms with Crippen molar-refractivity contribution in [3.63, 3.8) is 0 Å². The van der Waals surface area contributed by atoms with Crippen LogP contribution in [0.5, 0.6) is 0 Å². The second-order valence-corrected chi connectivity index (χ2v) is 3.83. The highest BCUT2D eigenvalue weighted by molar-refractivity contribution is 6.32. The molecule has 0 fully saturated rings. The molecule has 12 heavy (non-hydrogen) atoms. The molecule has 0 N–H and O–H groups in total. The van der Waals surface area contributed by atoms with Gasteiger partial charge in [-0.15, -0.1) is 0 Å². The Morgan fingerprint density at radius 1 is 0.917 bits per heavy atom. The Labute approximate surface area is 78.6 Å². The molecule has 0 spiro atoms. The van der Waals surface area contributed by atoms with Crippen LogP contribution >= 0.6 is 11.6 Å². The fraction of sp³-hybridized carbons (Fsp3) is 0.455. The molecule has 0 radical (unpaired) electrons. The smallest absolute Gasteiger partial charge is 0.0469 e. The van der Waals surface area contributed by atoms with Gasteiger partial charge in [0.1, 0.15) is 0 Å². The molecule has 0 amide bonds. The summed E-state index contributed by atoms with van der Waals surface area (Å²) in [6.45, 7) is 0. The molecule has 0 unspecified atom stereocenters. The molecule has 0 nitrogen and oxygen atoms in total. The zero-order chi connectivity index (χ0) is 8.39. The molecule has 0 aromatic heterocycles. The first-order chi connectivity index (χ1) is 5.88. The van der Waals surface area contributed by atoms with E-state index in [1.165, 1.54) is 30.4 Å². The number of rotatable bonds is 0. The van der Waals surface area contributed by atoms with Crippen LogP contribution in [0.25, 0.3) is 0 Å². The molecule has 1 aliphatic rings. The van der Waals surface area contributed by atoms with Gasteiger partial charge in [-0.3, -0.25) is 0 Å². The van der Waals surface area contributed by atoms with Crippen LogP contribution in [-0.4, -0.2) is 0 Å². The van der Waals surface area contributed by atoms with Crippen LogP contribution in [0, 0.1) is 0 Å². The Kier molecular flexibility index (Phi) is 2.36. The Morgan fingerprint density at radius 3 is 2.08 bits per heavy atom. The lowest BCUT2D eigenvalue weighted by Gasteiger charge is -2.12. The normalized spacial score (nSPS) is 16.8. The van der Waals surface area contributed by atoms with E-state index in [2.05, 4.69) is 18.2 Å². The van der Waals surface area contributed by atoms with E-state index >= 15 is 0 Å². The third-order valence-corrected chi connectivity index (χ3v) is 3.04. The fourth-order valence-electron chi connectivity index (χ4n) is 1.83. The summed E-state index contributed by atoms with van der Waals surface area (Å²) >= 11 is 6.22. The molecule has 1 heteroatoms. The Bertz CT molecular complexity index is 254. The summed E-state index contributed by atoms with van der Waals surface area (Å²) in [5.41, 5.74) is 2.68. The number of hydrogen-bond donors (Lipinski definition) is 0. The average Bonchev–Trinajstić information content (AvgIpc) is 2.10. The molecular weight excluding hydrogens is 168 g/mol. The first-order valence-corrected chi connectivity index (χ1v) is 5.02. The standard InChI is InChI=1S/C11H13Cl/c12-11-9-5-2-1-3-6-10(11)8-4-7-9/h4,7-8H,1-3,5-6H2. The molecule has 0 atom stereocenters. The van der Waals surface area contributed by atoms with Gasteiger partial charge in [-0.2, -0.15) is 0 Å². The van der Waals surface area contributed by atoms with E-state index in [1.54, 1.807) is 0 Å². The summed E-state index contributed by atoms with van der Waals surface area (Å²) < 4.78 is 0. The number of benzene rings is 1. The van der Waals surface area contributed by atoms with E-state index in [-0.39, 0.29) is 0 Å². The van der Waals surface area contributed by atoms with Gasteiger partial charge in [-0.1, -0.05) is 36.2 Å². The molecule has 0 heterocycles. The SMILES string of the molecule is Clc1c2cccc1CCCCC2. The van der Waals surface area contributed by atoms with Gasteiger partial charge in [0.05, 0.1) is 0 Å². The lowest BCUT2D eigenvalue weighted by atomic mass is 9.97. The maximum absolute atomic E-state index is 6.22. The Balaban J connectivity index is 2.42. The third-order valence-electron chi connectivity index (χ3n) is 2.55. The van der Waals surface area contributed by atoms with Crippen molar-refractivity contribution in [1.29, 1.82) is 0 Å². The third kappa shape index (κ3) is 1.49. The highest BCUT2D eigenvalue weighted by Crippen LogP contribution is 2.26. The summed E-state index contributed by atoms with van der Waals surface area (Å²) in [4.78, 5) is 0. The van der Waals surface area contributed by atoms with Crippen molar-refractivity contribution >= 4 is 11.6 Å². The Hall–Kier alpha value is -0.490. The maximum Gasteiger partial charge on any atom is 0.0469 e. The van der Waals surface area contributed by atoms with E-state index < -0.39 is 0 Å². The van der Waals surface area contributed by atoms with Crippen molar-refractivity contribution in [2.75, 3.05) is 0 Å². The van der Waals surface area contributed by atoms with Gasteiger partial charge in [0.2, 0.25) is 0 Å². The first kappa shape index (κ1) is 8.12. The molecule has 2 bridgehead atoms. The van der Waals surface area contributed by atoms with Crippen LogP contribution in [0.3, 0.4) is 0 Å². The summed E-state index contributed by atoms with van der Waals surface area (Å²) in [6, 6.07) is 6.43. The minimum absolute atomic E-state index is 1.03. The number of aryl methyl sites for hydroxylation is 2. The maximum atomic E-state index is 6.22. The summed E-state index contributed by atoms with van der Waals surface area (Å²) in [7, 11) is 0. The second-order valence-electron chi connectivity index (χ2n) is 3.45. The van der Waals surface area contributed by atoms with Crippen molar-refractivity contribution in [2.45, 2.75) is 32.1 Å². The van der Waals surface area contributed by atoms with Crippen molar-refractivity contribution in [2.24, 2.45) is 0 Å². The van der Waals surface area contributed by atoms with Gasteiger partial charge in [0, 0.05) is 5.02 Å². The van der Waals surface area contributed by atoms with Crippen LogP contribution in [0.4, 0.5) is 0 Å². The van der Waals surface area contributed by atoms with Crippen LogP contribution in [0.1, 0.15) is 30.4 Å². The molecule has 0 saturated heterocycles. The Morgan fingerprint density at radius 2 is 1.50 bits per heavy atom. The van der Waals surface area contributed by atoms with Gasteiger partial charge in [0.25, 0.3) is 0 Å². The van der Waals surface area contributed by atoms with Crippen molar-refractivity contribution in [1.82, 2.24) is 0 Å². The molecule has 1 aromatic carbocycles. The average molecular weight is 181 g/mol. The molecule has 2 rings (SSSR count). The van der Waals surface area contributed by atoms with Crippen LogP contribution < -0.4 is 0 Å². The molecule has 1 aliphatic carbocycles. The van der Waals surface area contributed by atoms with Crippen molar-refractivity contribution in [3.05, 3.63) is 34.3 Å². The lowest BCUT2D eigenvalue weighted by Crippen LogP contribution is -1.97. The zero-order valence-electron chi connectivity index (χ0n) is 7.15. The van der Waals surface area contributed by atoms with Gasteiger partial charge in [0.15, 0.2) is 0 Å². The van der Waals surface area contributed by atoms with E-state index in [1.807, 2.05) is 0 Å². The van der Waals surface area contributed by atoms with Crippen molar-refractivity contribution in [3.8, 4) is 0 Å². The minimum Gasteiger partial charge on any atom is -0.0837 e. The fourth-order valence-corrected chi connectivity index (χ4v) is 2.14. The van der Waals surface area contributed by atoms with Gasteiger partial charge in [-0.25, -0.2) is 0 Å².